The summed E-state index contributed by atoms with van der Waals surface area (Å²) in [5.74, 6) is -1.28. The van der Waals surface area contributed by atoms with Gasteiger partial charge in [0.2, 0.25) is 0 Å². The molecule has 0 unspecified atom stereocenters. The van der Waals surface area contributed by atoms with E-state index >= 15 is 0 Å². The molecule has 2 atom stereocenters. The molecule has 0 spiro atoms. The Bertz CT molecular complexity index is 440. The normalized spacial score (nSPS) is 24.6. The molecule has 1 aromatic rings. The van der Waals surface area contributed by atoms with Crippen LogP contribution < -0.4 is 5.56 Å². The van der Waals surface area contributed by atoms with Gasteiger partial charge in [-0.15, -0.1) is 0 Å². The zero-order valence-electron chi connectivity index (χ0n) is 7.18. The Morgan fingerprint density at radius 2 is 2.29 bits per heavy atom. The zero-order chi connectivity index (χ0) is 10.3. The van der Waals surface area contributed by atoms with Crippen molar-refractivity contribution in [1.82, 2.24) is 4.57 Å². The molecule has 1 saturated carbocycles. The molecule has 0 aliphatic heterocycles. The van der Waals surface area contributed by atoms with Crippen LogP contribution in [-0.2, 0) is 0 Å². The molecule has 0 amide bonds. The first-order valence-electron chi connectivity index (χ1n) is 4.20. The topological polar surface area (TPSA) is 59.3 Å². The molecular formula is C9H8FNO3. The Hall–Kier alpha value is -1.65. The highest BCUT2D eigenvalue weighted by Crippen LogP contribution is 2.37. The maximum absolute atomic E-state index is 12.7. The van der Waals surface area contributed by atoms with E-state index in [1.54, 1.807) is 0 Å². The number of carboxylic acid groups (broad SMARTS) is 1. The van der Waals surface area contributed by atoms with Crippen molar-refractivity contribution >= 4 is 5.97 Å². The molecule has 0 aromatic carbocycles. The second kappa shape index (κ2) is 2.94. The highest BCUT2D eigenvalue weighted by molar-refractivity contribution is 5.86. The number of carbonyl (C=O) groups is 1. The molecular weight excluding hydrogens is 189 g/mol. The summed E-state index contributed by atoms with van der Waals surface area (Å²) in [5, 5.41) is 8.65. The number of aromatic nitrogens is 1. The van der Waals surface area contributed by atoms with Crippen LogP contribution >= 0.6 is 0 Å². The van der Waals surface area contributed by atoms with E-state index in [2.05, 4.69) is 0 Å². The molecule has 5 heteroatoms. The zero-order valence-corrected chi connectivity index (χ0v) is 7.18. The smallest absolute Gasteiger partial charge is 0.341 e. The van der Waals surface area contributed by atoms with E-state index in [0.29, 0.717) is 6.42 Å². The predicted octanol–water partition coefficient (Wildman–Crippen LogP) is 0.829. The third-order valence-corrected chi connectivity index (χ3v) is 2.24. The molecule has 1 heterocycles. The van der Waals surface area contributed by atoms with Gasteiger partial charge in [0.1, 0.15) is 11.7 Å². The highest BCUT2D eigenvalue weighted by atomic mass is 19.1. The van der Waals surface area contributed by atoms with Crippen LogP contribution in [0.25, 0.3) is 0 Å². The SMILES string of the molecule is O=C(O)c1cccn([C@H]2C[C@@H]2F)c1=O. The molecule has 2 rings (SSSR count). The molecule has 1 N–H and O–H groups in total. The lowest BCUT2D eigenvalue weighted by atomic mass is 10.3. The number of hydrogen-bond donors (Lipinski definition) is 1. The lowest BCUT2D eigenvalue weighted by Crippen LogP contribution is -2.25. The largest absolute Gasteiger partial charge is 0.477 e. The van der Waals surface area contributed by atoms with Gasteiger partial charge in [-0.25, -0.2) is 9.18 Å². The van der Waals surface area contributed by atoms with E-state index in [1.807, 2.05) is 0 Å². The fourth-order valence-electron chi connectivity index (χ4n) is 1.37. The summed E-state index contributed by atoms with van der Waals surface area (Å²) in [6, 6.07) is 2.19. The fraction of sp³-hybridized carbons (Fsp3) is 0.333. The minimum atomic E-state index is -1.28. The van der Waals surface area contributed by atoms with Crippen LogP contribution in [0.2, 0.25) is 0 Å². The molecule has 1 aliphatic carbocycles. The molecule has 0 radical (unpaired) electrons. The van der Waals surface area contributed by atoms with E-state index in [4.69, 9.17) is 5.11 Å². The van der Waals surface area contributed by atoms with E-state index in [1.165, 1.54) is 18.3 Å². The van der Waals surface area contributed by atoms with Crippen molar-refractivity contribution in [3.63, 3.8) is 0 Å². The Kier molecular flexibility index (Phi) is 1.87. The van der Waals surface area contributed by atoms with Gasteiger partial charge in [-0.05, 0) is 12.1 Å². The monoisotopic (exact) mass is 197 g/mol. The predicted molar refractivity (Wildman–Crippen MR) is 46.2 cm³/mol. The Morgan fingerprint density at radius 1 is 1.64 bits per heavy atom. The Morgan fingerprint density at radius 3 is 2.79 bits per heavy atom. The minimum Gasteiger partial charge on any atom is -0.477 e. The van der Waals surface area contributed by atoms with Gasteiger partial charge in [-0.2, -0.15) is 0 Å². The van der Waals surface area contributed by atoms with Gasteiger partial charge in [0, 0.05) is 12.6 Å². The lowest BCUT2D eigenvalue weighted by molar-refractivity contribution is 0.0694. The van der Waals surface area contributed by atoms with E-state index in [9.17, 15) is 14.0 Å². The number of hydrogen-bond acceptors (Lipinski definition) is 2. The highest BCUT2D eigenvalue weighted by Gasteiger charge is 2.40. The van der Waals surface area contributed by atoms with Crippen molar-refractivity contribution in [2.75, 3.05) is 0 Å². The van der Waals surface area contributed by atoms with Crippen LogP contribution in [0.3, 0.4) is 0 Å². The summed E-state index contributed by atoms with van der Waals surface area (Å²) < 4.78 is 13.8. The van der Waals surface area contributed by atoms with Crippen molar-refractivity contribution in [2.24, 2.45) is 0 Å². The third kappa shape index (κ3) is 1.30. The summed E-state index contributed by atoms with van der Waals surface area (Å²) in [7, 11) is 0. The number of pyridine rings is 1. The lowest BCUT2D eigenvalue weighted by Gasteiger charge is -2.02. The molecule has 14 heavy (non-hydrogen) atoms. The van der Waals surface area contributed by atoms with Crippen LogP contribution in [0.1, 0.15) is 22.8 Å². The van der Waals surface area contributed by atoms with Crippen molar-refractivity contribution < 1.29 is 14.3 Å². The number of carboxylic acids is 1. The fourth-order valence-corrected chi connectivity index (χ4v) is 1.37. The van der Waals surface area contributed by atoms with Crippen molar-refractivity contribution in [3.8, 4) is 0 Å². The summed E-state index contributed by atoms with van der Waals surface area (Å²) in [4.78, 5) is 22.0. The standard InChI is InChI=1S/C9H8FNO3/c10-6-4-7(6)11-3-1-2-5(8(11)12)9(13)14/h1-3,6-7H,4H2,(H,13,14)/t6-,7-/m0/s1. The molecule has 1 fully saturated rings. The molecule has 0 saturated heterocycles. The average Bonchev–Trinajstić information content (AvgIpc) is 2.82. The molecule has 1 aliphatic rings. The van der Waals surface area contributed by atoms with Gasteiger partial charge in [0.05, 0.1) is 6.04 Å². The number of rotatable bonds is 2. The Labute approximate surface area is 78.6 Å². The van der Waals surface area contributed by atoms with Crippen LogP contribution in [-0.4, -0.2) is 21.8 Å². The van der Waals surface area contributed by atoms with Gasteiger partial charge in [0.25, 0.3) is 5.56 Å². The van der Waals surface area contributed by atoms with Crippen LogP contribution in [0.15, 0.2) is 23.1 Å². The maximum atomic E-state index is 12.7. The van der Waals surface area contributed by atoms with Crippen molar-refractivity contribution in [3.05, 3.63) is 34.2 Å². The van der Waals surface area contributed by atoms with E-state index < -0.39 is 23.7 Å². The number of nitrogens with zero attached hydrogens (tertiary/aromatic N) is 1. The van der Waals surface area contributed by atoms with Crippen LogP contribution in [0.5, 0.6) is 0 Å². The van der Waals surface area contributed by atoms with Gasteiger partial charge in [-0.3, -0.25) is 4.79 Å². The van der Waals surface area contributed by atoms with Crippen molar-refractivity contribution in [2.45, 2.75) is 18.6 Å². The number of alkyl halides is 1. The number of halogens is 1. The van der Waals surface area contributed by atoms with E-state index in [-0.39, 0.29) is 5.56 Å². The van der Waals surface area contributed by atoms with Crippen LogP contribution in [0, 0.1) is 0 Å². The van der Waals surface area contributed by atoms with Gasteiger partial charge >= 0.3 is 5.97 Å². The second-order valence-corrected chi connectivity index (χ2v) is 3.26. The maximum Gasteiger partial charge on any atom is 0.341 e. The first-order chi connectivity index (χ1) is 6.61. The minimum absolute atomic E-state index is 0.295. The van der Waals surface area contributed by atoms with E-state index in [0.717, 1.165) is 4.57 Å². The third-order valence-electron chi connectivity index (χ3n) is 2.24. The molecule has 0 bridgehead atoms. The van der Waals surface area contributed by atoms with Gasteiger partial charge < -0.3 is 9.67 Å². The van der Waals surface area contributed by atoms with Gasteiger partial charge in [0.15, 0.2) is 0 Å². The number of aromatic carboxylic acids is 1. The molecule has 1 aromatic heterocycles. The molecule has 74 valence electrons. The quantitative estimate of drug-likeness (QED) is 0.763. The first-order valence-corrected chi connectivity index (χ1v) is 4.20. The molecule has 4 nitrogen and oxygen atoms in total. The summed E-state index contributed by atoms with van der Waals surface area (Å²) >= 11 is 0. The summed E-state index contributed by atoms with van der Waals surface area (Å²) in [6.45, 7) is 0. The summed E-state index contributed by atoms with van der Waals surface area (Å²) in [6.07, 6.45) is 0.693. The van der Waals surface area contributed by atoms with Gasteiger partial charge in [-0.1, -0.05) is 0 Å². The Balaban J connectivity index is 2.48. The first kappa shape index (κ1) is 8.93. The van der Waals surface area contributed by atoms with Crippen molar-refractivity contribution in [1.29, 1.82) is 0 Å². The average molecular weight is 197 g/mol. The second-order valence-electron chi connectivity index (χ2n) is 3.26. The summed E-state index contributed by atoms with van der Waals surface area (Å²) in [5.41, 5.74) is -0.947. The van der Waals surface area contributed by atoms with Crippen LogP contribution in [0.4, 0.5) is 4.39 Å².